The van der Waals surface area contributed by atoms with Crippen LogP contribution in [0.2, 0.25) is 0 Å². The van der Waals surface area contributed by atoms with Crippen LogP contribution in [0.3, 0.4) is 0 Å². The Morgan fingerprint density at radius 3 is 2.44 bits per heavy atom. The average Bonchev–Trinajstić information content (AvgIpc) is 2.11. The fraction of sp³-hybridized carbons (Fsp3) is 0.700. The summed E-state index contributed by atoms with van der Waals surface area (Å²) in [4.78, 5) is 20.9. The molecule has 16 heavy (non-hydrogen) atoms. The molecular formula is C10H19N3O3. The first kappa shape index (κ1) is 14.4. The molecule has 0 spiro atoms. The van der Waals surface area contributed by atoms with E-state index in [2.05, 4.69) is 10.5 Å². The van der Waals surface area contributed by atoms with Crippen LogP contribution in [-0.2, 0) is 4.79 Å². The highest BCUT2D eigenvalue weighted by Crippen LogP contribution is 2.27. The molecule has 2 amide bonds. The number of nitrogens with zero attached hydrogens (tertiary/aromatic N) is 1. The number of rotatable bonds is 6. The molecule has 0 heterocycles. The van der Waals surface area contributed by atoms with Crippen LogP contribution in [0.4, 0.5) is 4.79 Å². The number of carbonyl (C=O) groups excluding carboxylic acids is 1. The topological polar surface area (TPSA) is 105 Å². The monoisotopic (exact) mass is 229 g/mol. The van der Waals surface area contributed by atoms with E-state index in [4.69, 9.17) is 10.8 Å². The minimum absolute atomic E-state index is 0.129. The molecule has 0 fully saturated rings. The summed E-state index contributed by atoms with van der Waals surface area (Å²) in [6, 6.07) is -0.706. The lowest BCUT2D eigenvalue weighted by Gasteiger charge is -2.23. The highest BCUT2D eigenvalue weighted by Gasteiger charge is 2.20. The van der Waals surface area contributed by atoms with Crippen LogP contribution in [0.1, 0.15) is 40.0 Å². The molecule has 0 saturated carbocycles. The van der Waals surface area contributed by atoms with E-state index in [0.717, 1.165) is 0 Å². The predicted octanol–water partition coefficient (Wildman–Crippen LogP) is 1.31. The molecule has 0 bridgehead atoms. The molecule has 0 aromatic rings. The lowest BCUT2D eigenvalue weighted by Crippen LogP contribution is -2.26. The van der Waals surface area contributed by atoms with Gasteiger partial charge in [-0.2, -0.15) is 5.10 Å². The summed E-state index contributed by atoms with van der Waals surface area (Å²) < 4.78 is 0. The number of hydrogen-bond acceptors (Lipinski definition) is 3. The molecule has 6 heteroatoms. The largest absolute Gasteiger partial charge is 0.481 e. The lowest BCUT2D eigenvalue weighted by atomic mass is 9.83. The van der Waals surface area contributed by atoms with Crippen LogP contribution >= 0.6 is 0 Å². The average molecular weight is 229 g/mol. The lowest BCUT2D eigenvalue weighted by molar-refractivity contribution is -0.137. The van der Waals surface area contributed by atoms with Crippen molar-refractivity contribution in [2.75, 3.05) is 0 Å². The van der Waals surface area contributed by atoms with Crippen LogP contribution in [0.15, 0.2) is 5.10 Å². The van der Waals surface area contributed by atoms with Crippen molar-refractivity contribution in [3.05, 3.63) is 0 Å². The van der Waals surface area contributed by atoms with Crippen molar-refractivity contribution in [1.29, 1.82) is 0 Å². The van der Waals surface area contributed by atoms with Crippen molar-refractivity contribution in [2.45, 2.75) is 40.0 Å². The van der Waals surface area contributed by atoms with Crippen molar-refractivity contribution in [2.24, 2.45) is 16.3 Å². The van der Waals surface area contributed by atoms with Gasteiger partial charge in [-0.25, -0.2) is 10.2 Å². The standard InChI is InChI=1S/C10H19N3O3/c1-7(12-13-9(11)16)6-10(2,3)5-4-8(14)15/h4-6H2,1-3H3,(H,14,15)(H3,11,13,16). The van der Waals surface area contributed by atoms with E-state index >= 15 is 0 Å². The van der Waals surface area contributed by atoms with Gasteiger partial charge < -0.3 is 10.8 Å². The van der Waals surface area contributed by atoms with E-state index in [1.165, 1.54) is 0 Å². The van der Waals surface area contributed by atoms with Crippen LogP contribution < -0.4 is 11.2 Å². The number of carbonyl (C=O) groups is 2. The van der Waals surface area contributed by atoms with Gasteiger partial charge in [0.1, 0.15) is 0 Å². The van der Waals surface area contributed by atoms with Gasteiger partial charge in [0.05, 0.1) is 0 Å². The maximum absolute atomic E-state index is 10.4. The maximum Gasteiger partial charge on any atom is 0.332 e. The van der Waals surface area contributed by atoms with Crippen molar-refractivity contribution in [3.63, 3.8) is 0 Å². The number of urea groups is 1. The second-order valence-electron chi connectivity index (χ2n) is 4.56. The Hall–Kier alpha value is -1.59. The normalized spacial score (nSPS) is 12.3. The van der Waals surface area contributed by atoms with Crippen LogP contribution in [0.5, 0.6) is 0 Å². The molecule has 92 valence electrons. The molecule has 4 N–H and O–H groups in total. The third kappa shape index (κ3) is 7.78. The van der Waals surface area contributed by atoms with Gasteiger partial charge in [-0.1, -0.05) is 13.8 Å². The number of hydrazone groups is 1. The summed E-state index contributed by atoms with van der Waals surface area (Å²) in [6.07, 6.45) is 1.30. The molecule has 0 aliphatic rings. The summed E-state index contributed by atoms with van der Waals surface area (Å²) in [5.74, 6) is -0.807. The summed E-state index contributed by atoms with van der Waals surface area (Å²) in [5.41, 5.74) is 7.57. The third-order valence-electron chi connectivity index (χ3n) is 2.11. The molecule has 0 aliphatic heterocycles. The van der Waals surface area contributed by atoms with Crippen molar-refractivity contribution in [3.8, 4) is 0 Å². The van der Waals surface area contributed by atoms with Gasteiger partial charge in [-0.05, 0) is 25.2 Å². The van der Waals surface area contributed by atoms with E-state index < -0.39 is 12.0 Å². The Kier molecular flexibility index (Phi) is 5.49. The molecule has 0 atom stereocenters. The molecule has 0 rings (SSSR count). The maximum atomic E-state index is 10.4. The SMILES string of the molecule is CC(CC(C)(C)CCC(=O)O)=NNC(N)=O. The summed E-state index contributed by atoms with van der Waals surface area (Å²) in [6.45, 7) is 5.68. The van der Waals surface area contributed by atoms with Crippen molar-refractivity contribution in [1.82, 2.24) is 5.43 Å². The zero-order valence-corrected chi connectivity index (χ0v) is 9.91. The summed E-state index contributed by atoms with van der Waals surface area (Å²) in [5, 5.41) is 12.4. The van der Waals surface area contributed by atoms with E-state index in [0.29, 0.717) is 18.6 Å². The number of nitrogens with two attached hydrogens (primary N) is 1. The van der Waals surface area contributed by atoms with Gasteiger partial charge in [-0.15, -0.1) is 0 Å². The van der Waals surface area contributed by atoms with E-state index in [1.807, 2.05) is 13.8 Å². The first-order valence-electron chi connectivity index (χ1n) is 5.03. The zero-order valence-electron chi connectivity index (χ0n) is 9.91. The van der Waals surface area contributed by atoms with Crippen LogP contribution in [0.25, 0.3) is 0 Å². The Bertz CT molecular complexity index is 298. The zero-order chi connectivity index (χ0) is 12.8. The van der Waals surface area contributed by atoms with Crippen molar-refractivity contribution < 1.29 is 14.7 Å². The fourth-order valence-corrected chi connectivity index (χ4v) is 1.42. The van der Waals surface area contributed by atoms with Gasteiger partial charge in [-0.3, -0.25) is 4.79 Å². The minimum Gasteiger partial charge on any atom is -0.481 e. The molecule has 0 aliphatic carbocycles. The summed E-state index contributed by atoms with van der Waals surface area (Å²) in [7, 11) is 0. The highest BCUT2D eigenvalue weighted by atomic mass is 16.4. The van der Waals surface area contributed by atoms with E-state index in [1.54, 1.807) is 6.92 Å². The Morgan fingerprint density at radius 1 is 1.44 bits per heavy atom. The molecule has 6 nitrogen and oxygen atoms in total. The molecule has 0 saturated heterocycles. The summed E-state index contributed by atoms with van der Waals surface area (Å²) >= 11 is 0. The minimum atomic E-state index is -0.807. The fourth-order valence-electron chi connectivity index (χ4n) is 1.42. The number of carboxylic acids is 1. The Labute approximate surface area is 94.9 Å². The van der Waals surface area contributed by atoms with Crippen LogP contribution in [0, 0.1) is 5.41 Å². The third-order valence-corrected chi connectivity index (χ3v) is 2.11. The Morgan fingerprint density at radius 2 is 2.00 bits per heavy atom. The van der Waals surface area contributed by atoms with Gasteiger partial charge in [0, 0.05) is 12.1 Å². The van der Waals surface area contributed by atoms with Gasteiger partial charge in [0.25, 0.3) is 0 Å². The van der Waals surface area contributed by atoms with E-state index in [9.17, 15) is 9.59 Å². The number of nitrogens with one attached hydrogen (secondary N) is 1. The predicted molar refractivity (Wildman–Crippen MR) is 61.1 cm³/mol. The number of carboxylic acid groups (broad SMARTS) is 1. The molecule has 0 aromatic heterocycles. The highest BCUT2D eigenvalue weighted by molar-refractivity contribution is 5.84. The second-order valence-corrected chi connectivity index (χ2v) is 4.56. The molecular weight excluding hydrogens is 210 g/mol. The molecule has 0 aromatic carbocycles. The van der Waals surface area contributed by atoms with Gasteiger partial charge >= 0.3 is 12.0 Å². The number of primary amides is 1. The van der Waals surface area contributed by atoms with Gasteiger partial charge in [0.2, 0.25) is 0 Å². The van der Waals surface area contributed by atoms with Gasteiger partial charge in [0.15, 0.2) is 0 Å². The number of amides is 2. The van der Waals surface area contributed by atoms with E-state index in [-0.39, 0.29) is 11.8 Å². The quantitative estimate of drug-likeness (QED) is 0.472. The number of hydrogen-bond donors (Lipinski definition) is 3. The first-order valence-corrected chi connectivity index (χ1v) is 5.03. The molecule has 0 unspecified atom stereocenters. The Balaban J connectivity index is 4.18. The van der Waals surface area contributed by atoms with Crippen molar-refractivity contribution >= 4 is 17.7 Å². The molecule has 0 radical (unpaired) electrons. The second kappa shape index (κ2) is 6.09. The smallest absolute Gasteiger partial charge is 0.332 e. The first-order chi connectivity index (χ1) is 7.23. The van der Waals surface area contributed by atoms with Crippen LogP contribution in [-0.4, -0.2) is 22.8 Å². The number of aliphatic carboxylic acids is 1.